The number of nitrogens with zero attached hydrogens (tertiary/aromatic N) is 1. The van der Waals surface area contributed by atoms with E-state index in [1.807, 2.05) is 24.3 Å². The highest BCUT2D eigenvalue weighted by molar-refractivity contribution is 7.46. The Bertz CT molecular complexity index is 262. The molecular weight excluding hydrogens is 141 g/mol. The molecule has 1 aromatic rings. The van der Waals surface area contributed by atoms with Crippen LogP contribution in [0.4, 0.5) is 0 Å². The van der Waals surface area contributed by atoms with E-state index in [0.717, 1.165) is 10.9 Å². The van der Waals surface area contributed by atoms with Crippen molar-refractivity contribution in [1.82, 2.24) is 0 Å². The molecule has 0 aliphatic rings. The van der Waals surface area contributed by atoms with Crippen LogP contribution in [0.1, 0.15) is 5.56 Å². The minimum absolute atomic E-state index is 0.713. The highest BCUT2D eigenvalue weighted by atomic mass is 31.1. The Morgan fingerprint density at radius 1 is 1.40 bits per heavy atom. The molecule has 0 saturated carbocycles. The van der Waals surface area contributed by atoms with Crippen LogP contribution in [0.5, 0.6) is 0 Å². The smallest absolute Gasteiger partial charge is 0.0998 e. The summed E-state index contributed by atoms with van der Waals surface area (Å²) in [6, 6.07) is 9.86. The predicted octanol–water partition coefficient (Wildman–Crippen LogP) is 1.49. The molecule has 1 rings (SSSR count). The molecule has 1 aromatic carbocycles. The largest absolute Gasteiger partial charge is 0.192 e. The summed E-state index contributed by atoms with van der Waals surface area (Å²) < 4.78 is 0. The molecule has 10 heavy (non-hydrogen) atoms. The van der Waals surface area contributed by atoms with E-state index in [9.17, 15) is 0 Å². The van der Waals surface area contributed by atoms with Crippen LogP contribution < -0.4 is 5.30 Å². The molecule has 0 radical (unpaired) electrons. The predicted molar refractivity (Wildman–Crippen MR) is 45.0 cm³/mol. The first-order valence-corrected chi connectivity index (χ1v) is 4.55. The fourth-order valence-corrected chi connectivity index (χ4v) is 1.47. The van der Waals surface area contributed by atoms with Crippen LogP contribution in [0.25, 0.3) is 0 Å². The fourth-order valence-electron chi connectivity index (χ4n) is 0.799. The first kappa shape index (κ1) is 7.25. The van der Waals surface area contributed by atoms with Gasteiger partial charge in [0.25, 0.3) is 0 Å². The molecule has 1 atom stereocenters. The van der Waals surface area contributed by atoms with Crippen molar-refractivity contribution in [2.24, 2.45) is 0 Å². The average molecular weight is 149 g/mol. The monoisotopic (exact) mass is 149 g/mol. The van der Waals surface area contributed by atoms with Gasteiger partial charge in [0.2, 0.25) is 0 Å². The highest BCUT2D eigenvalue weighted by Crippen LogP contribution is 2.06. The van der Waals surface area contributed by atoms with Gasteiger partial charge in [-0.2, -0.15) is 5.26 Å². The molecule has 0 fully saturated rings. The zero-order valence-electron chi connectivity index (χ0n) is 5.76. The maximum Gasteiger partial charge on any atom is 0.0998 e. The molecule has 0 amide bonds. The highest BCUT2D eigenvalue weighted by Gasteiger charge is 1.94. The maximum absolute atomic E-state index is 8.60. The van der Waals surface area contributed by atoms with Crippen LogP contribution in [0.3, 0.4) is 0 Å². The van der Waals surface area contributed by atoms with E-state index >= 15 is 0 Å². The van der Waals surface area contributed by atoms with Crippen LogP contribution >= 0.6 is 8.58 Å². The van der Waals surface area contributed by atoms with Crippen molar-refractivity contribution in [3.8, 4) is 6.07 Å². The Kier molecular flexibility index (Phi) is 2.42. The standard InChI is InChI=1S/C8H8NP/c1-10-8-5-3-2-4-7(8)6-9/h2-5,10H,1H3. The molecule has 0 aliphatic heterocycles. The molecular formula is C8H8NP. The van der Waals surface area contributed by atoms with E-state index < -0.39 is 0 Å². The summed E-state index contributed by atoms with van der Waals surface area (Å²) in [5.41, 5.74) is 0.809. The van der Waals surface area contributed by atoms with Crippen molar-refractivity contribution in [3.63, 3.8) is 0 Å². The third kappa shape index (κ3) is 1.35. The van der Waals surface area contributed by atoms with E-state index in [-0.39, 0.29) is 0 Å². The quantitative estimate of drug-likeness (QED) is 0.555. The molecule has 0 spiro atoms. The lowest BCUT2D eigenvalue weighted by Crippen LogP contribution is -1.97. The lowest BCUT2D eigenvalue weighted by Gasteiger charge is -1.96. The zero-order valence-corrected chi connectivity index (χ0v) is 6.76. The molecule has 2 heteroatoms. The molecule has 0 heterocycles. The van der Waals surface area contributed by atoms with Crippen LogP contribution in [0.2, 0.25) is 0 Å². The van der Waals surface area contributed by atoms with Gasteiger partial charge in [0, 0.05) is 0 Å². The Morgan fingerprint density at radius 3 is 2.60 bits per heavy atom. The number of benzene rings is 1. The summed E-state index contributed by atoms with van der Waals surface area (Å²) in [5.74, 6) is 0. The van der Waals surface area contributed by atoms with Gasteiger partial charge in [-0.3, -0.25) is 0 Å². The van der Waals surface area contributed by atoms with E-state index in [1.165, 1.54) is 0 Å². The van der Waals surface area contributed by atoms with Crippen LogP contribution in [0, 0.1) is 11.3 Å². The molecule has 0 saturated heterocycles. The Morgan fingerprint density at radius 2 is 2.10 bits per heavy atom. The second kappa shape index (κ2) is 3.34. The van der Waals surface area contributed by atoms with E-state index in [4.69, 9.17) is 5.26 Å². The van der Waals surface area contributed by atoms with Crippen LogP contribution in [-0.2, 0) is 0 Å². The Labute approximate surface area is 62.5 Å². The minimum Gasteiger partial charge on any atom is -0.192 e. The van der Waals surface area contributed by atoms with Gasteiger partial charge < -0.3 is 0 Å². The van der Waals surface area contributed by atoms with Gasteiger partial charge in [0.1, 0.15) is 0 Å². The fraction of sp³-hybridized carbons (Fsp3) is 0.125. The number of hydrogen-bond donors (Lipinski definition) is 0. The Hall–Kier alpha value is -0.860. The summed E-state index contributed by atoms with van der Waals surface area (Å²) in [7, 11) is 0.713. The molecule has 1 nitrogen and oxygen atoms in total. The normalized spacial score (nSPS) is 10.0. The lowest BCUT2D eigenvalue weighted by atomic mass is 10.2. The first-order valence-electron chi connectivity index (χ1n) is 3.05. The number of rotatable bonds is 1. The van der Waals surface area contributed by atoms with E-state index in [2.05, 4.69) is 12.7 Å². The summed E-state index contributed by atoms with van der Waals surface area (Å²) in [6.07, 6.45) is 0. The zero-order chi connectivity index (χ0) is 7.40. The lowest BCUT2D eigenvalue weighted by molar-refractivity contribution is 1.50. The van der Waals surface area contributed by atoms with Gasteiger partial charge in [0.15, 0.2) is 0 Å². The summed E-state index contributed by atoms with van der Waals surface area (Å²) in [5, 5.41) is 9.76. The second-order valence-electron chi connectivity index (χ2n) is 1.91. The van der Waals surface area contributed by atoms with Gasteiger partial charge in [-0.25, -0.2) is 0 Å². The molecule has 50 valence electrons. The van der Waals surface area contributed by atoms with Gasteiger partial charge >= 0.3 is 0 Å². The van der Waals surface area contributed by atoms with E-state index in [0.29, 0.717) is 8.58 Å². The summed E-state index contributed by atoms with van der Waals surface area (Å²) in [4.78, 5) is 0. The molecule has 0 aliphatic carbocycles. The van der Waals surface area contributed by atoms with Crippen molar-refractivity contribution in [2.75, 3.05) is 6.66 Å². The topological polar surface area (TPSA) is 23.8 Å². The number of nitriles is 1. The molecule has 0 N–H and O–H groups in total. The number of hydrogen-bond acceptors (Lipinski definition) is 1. The molecule has 1 unspecified atom stereocenters. The maximum atomic E-state index is 8.60. The van der Waals surface area contributed by atoms with Gasteiger partial charge in [-0.15, -0.1) is 0 Å². The molecule has 0 bridgehead atoms. The van der Waals surface area contributed by atoms with Crippen molar-refractivity contribution < 1.29 is 0 Å². The van der Waals surface area contributed by atoms with Gasteiger partial charge in [-0.05, 0) is 18.0 Å². The van der Waals surface area contributed by atoms with Crippen molar-refractivity contribution in [2.45, 2.75) is 0 Å². The SMILES string of the molecule is CPc1ccccc1C#N. The van der Waals surface area contributed by atoms with E-state index in [1.54, 1.807) is 0 Å². The van der Waals surface area contributed by atoms with Gasteiger partial charge in [0.05, 0.1) is 11.6 Å². The molecule has 0 aromatic heterocycles. The second-order valence-corrected chi connectivity index (χ2v) is 2.95. The average Bonchev–Trinajstić information content (AvgIpc) is 2.04. The van der Waals surface area contributed by atoms with Crippen LogP contribution in [0.15, 0.2) is 24.3 Å². The summed E-state index contributed by atoms with van der Waals surface area (Å²) in [6.45, 7) is 2.08. The van der Waals surface area contributed by atoms with Crippen molar-refractivity contribution >= 4 is 13.9 Å². The minimum atomic E-state index is 0.713. The van der Waals surface area contributed by atoms with Crippen LogP contribution in [-0.4, -0.2) is 6.66 Å². The third-order valence-electron chi connectivity index (χ3n) is 1.32. The van der Waals surface area contributed by atoms with Crippen molar-refractivity contribution in [1.29, 1.82) is 5.26 Å². The third-order valence-corrected chi connectivity index (χ3v) is 2.29. The summed E-state index contributed by atoms with van der Waals surface area (Å²) >= 11 is 0. The first-order chi connectivity index (χ1) is 4.88. The van der Waals surface area contributed by atoms with Crippen molar-refractivity contribution in [3.05, 3.63) is 29.8 Å². The van der Waals surface area contributed by atoms with Gasteiger partial charge in [-0.1, -0.05) is 26.8 Å². The Balaban J connectivity index is 3.12.